The van der Waals surface area contributed by atoms with Crippen molar-refractivity contribution in [1.29, 1.82) is 0 Å². The van der Waals surface area contributed by atoms with Crippen LogP contribution in [0.25, 0.3) is 0 Å². The van der Waals surface area contributed by atoms with Crippen LogP contribution in [-0.2, 0) is 4.79 Å². The van der Waals surface area contributed by atoms with E-state index in [0.717, 1.165) is 5.82 Å². The van der Waals surface area contributed by atoms with Crippen LogP contribution in [0.4, 0.5) is 11.8 Å². The summed E-state index contributed by atoms with van der Waals surface area (Å²) in [6.45, 7) is 0.673. The zero-order valence-electron chi connectivity index (χ0n) is 9.60. The maximum atomic E-state index is 10.5. The molecule has 0 aliphatic carbocycles. The SMILES string of the molecule is CN(C)c1nccc(NCCCC(N)=O)n1. The zero-order valence-corrected chi connectivity index (χ0v) is 9.60. The number of rotatable bonds is 6. The van der Waals surface area contributed by atoms with Gasteiger partial charge in [0.05, 0.1) is 0 Å². The van der Waals surface area contributed by atoms with Crippen LogP contribution in [0.1, 0.15) is 12.8 Å². The molecule has 0 fully saturated rings. The van der Waals surface area contributed by atoms with Crippen LogP contribution in [0.15, 0.2) is 12.3 Å². The van der Waals surface area contributed by atoms with Crippen LogP contribution >= 0.6 is 0 Å². The number of nitrogens with one attached hydrogen (secondary N) is 1. The number of anilines is 2. The minimum atomic E-state index is -0.279. The molecular weight excluding hydrogens is 206 g/mol. The smallest absolute Gasteiger partial charge is 0.226 e. The van der Waals surface area contributed by atoms with Crippen molar-refractivity contribution in [2.45, 2.75) is 12.8 Å². The molecular formula is C10H17N5O. The fourth-order valence-electron chi connectivity index (χ4n) is 1.14. The number of aromatic nitrogens is 2. The molecule has 6 nitrogen and oxygen atoms in total. The van der Waals surface area contributed by atoms with Gasteiger partial charge in [0.15, 0.2) is 0 Å². The van der Waals surface area contributed by atoms with E-state index in [4.69, 9.17) is 5.73 Å². The minimum absolute atomic E-state index is 0.279. The Morgan fingerprint density at radius 3 is 2.94 bits per heavy atom. The highest BCUT2D eigenvalue weighted by atomic mass is 16.1. The van der Waals surface area contributed by atoms with E-state index in [2.05, 4.69) is 15.3 Å². The van der Waals surface area contributed by atoms with Gasteiger partial charge >= 0.3 is 0 Å². The molecule has 0 aromatic carbocycles. The third-order valence-electron chi connectivity index (χ3n) is 1.95. The number of carbonyl (C=O) groups is 1. The van der Waals surface area contributed by atoms with Gasteiger partial charge in [-0.3, -0.25) is 4.79 Å². The molecule has 0 atom stereocenters. The molecule has 0 saturated heterocycles. The van der Waals surface area contributed by atoms with Crippen molar-refractivity contribution < 1.29 is 4.79 Å². The molecule has 88 valence electrons. The highest BCUT2D eigenvalue weighted by molar-refractivity contribution is 5.73. The Balaban J connectivity index is 2.42. The average molecular weight is 223 g/mol. The van der Waals surface area contributed by atoms with Crippen LogP contribution < -0.4 is 16.0 Å². The predicted molar refractivity (Wildman–Crippen MR) is 63.3 cm³/mol. The van der Waals surface area contributed by atoms with E-state index < -0.39 is 0 Å². The third kappa shape index (κ3) is 4.12. The largest absolute Gasteiger partial charge is 0.370 e. The fraction of sp³-hybridized carbons (Fsp3) is 0.500. The lowest BCUT2D eigenvalue weighted by Gasteiger charge is -2.11. The lowest BCUT2D eigenvalue weighted by molar-refractivity contribution is -0.118. The Hall–Kier alpha value is -1.85. The van der Waals surface area contributed by atoms with Crippen LogP contribution in [0.5, 0.6) is 0 Å². The Bertz CT molecular complexity index is 353. The van der Waals surface area contributed by atoms with Crippen LogP contribution in [0, 0.1) is 0 Å². The maximum Gasteiger partial charge on any atom is 0.226 e. The maximum absolute atomic E-state index is 10.5. The molecule has 3 N–H and O–H groups in total. The molecule has 1 rings (SSSR count). The summed E-state index contributed by atoms with van der Waals surface area (Å²) in [6.07, 6.45) is 2.79. The number of hydrogen-bond donors (Lipinski definition) is 2. The van der Waals surface area contributed by atoms with E-state index >= 15 is 0 Å². The second-order valence-corrected chi connectivity index (χ2v) is 3.63. The predicted octanol–water partition coefficient (Wildman–Crippen LogP) is 0.220. The number of carbonyl (C=O) groups excluding carboxylic acids is 1. The quantitative estimate of drug-likeness (QED) is 0.674. The summed E-state index contributed by atoms with van der Waals surface area (Å²) in [7, 11) is 3.76. The van der Waals surface area contributed by atoms with Crippen molar-refractivity contribution in [3.8, 4) is 0 Å². The molecule has 1 aromatic rings. The van der Waals surface area contributed by atoms with Gasteiger partial charge in [0.1, 0.15) is 5.82 Å². The van der Waals surface area contributed by atoms with Crippen molar-refractivity contribution in [2.24, 2.45) is 5.73 Å². The van der Waals surface area contributed by atoms with Gasteiger partial charge in [-0.25, -0.2) is 4.98 Å². The molecule has 0 aliphatic rings. The summed E-state index contributed by atoms with van der Waals surface area (Å²) in [5, 5.41) is 3.11. The number of nitrogens with two attached hydrogens (primary N) is 1. The Kier molecular flexibility index (Phi) is 4.50. The van der Waals surface area contributed by atoms with Gasteiger partial charge in [-0.2, -0.15) is 4.98 Å². The molecule has 0 saturated carbocycles. The lowest BCUT2D eigenvalue weighted by Crippen LogP contribution is -2.15. The van der Waals surface area contributed by atoms with Gasteiger partial charge in [-0.05, 0) is 12.5 Å². The summed E-state index contributed by atoms with van der Waals surface area (Å²) >= 11 is 0. The van der Waals surface area contributed by atoms with Gasteiger partial charge in [0.2, 0.25) is 11.9 Å². The Morgan fingerprint density at radius 2 is 2.31 bits per heavy atom. The van der Waals surface area contributed by atoms with Gasteiger partial charge in [-0.15, -0.1) is 0 Å². The fourth-order valence-corrected chi connectivity index (χ4v) is 1.14. The minimum Gasteiger partial charge on any atom is -0.370 e. The zero-order chi connectivity index (χ0) is 12.0. The van der Waals surface area contributed by atoms with Crippen molar-refractivity contribution in [1.82, 2.24) is 9.97 Å². The summed E-state index contributed by atoms with van der Waals surface area (Å²) in [5.74, 6) is 1.13. The van der Waals surface area contributed by atoms with Gasteiger partial charge in [0.25, 0.3) is 0 Å². The first-order chi connectivity index (χ1) is 7.59. The van der Waals surface area contributed by atoms with Crippen LogP contribution in [0.2, 0.25) is 0 Å². The molecule has 0 unspecified atom stereocenters. The summed E-state index contributed by atoms with van der Waals surface area (Å²) < 4.78 is 0. The van der Waals surface area contributed by atoms with Crippen molar-refractivity contribution in [3.05, 3.63) is 12.3 Å². The summed E-state index contributed by atoms with van der Waals surface area (Å²) in [4.78, 5) is 20.7. The second kappa shape index (κ2) is 5.89. The number of amides is 1. The molecule has 0 radical (unpaired) electrons. The van der Waals surface area contributed by atoms with E-state index in [0.29, 0.717) is 25.3 Å². The standard InChI is InChI=1S/C10H17N5O/c1-15(2)10-13-7-5-9(14-10)12-6-3-4-8(11)16/h5,7H,3-4,6H2,1-2H3,(H2,11,16)(H,12,13,14). The number of hydrogen-bond acceptors (Lipinski definition) is 5. The topological polar surface area (TPSA) is 84.1 Å². The van der Waals surface area contributed by atoms with Crippen LogP contribution in [0.3, 0.4) is 0 Å². The molecule has 0 bridgehead atoms. The van der Waals surface area contributed by atoms with Gasteiger partial charge in [-0.1, -0.05) is 0 Å². The number of nitrogens with zero attached hydrogens (tertiary/aromatic N) is 3. The van der Waals surface area contributed by atoms with Crippen LogP contribution in [-0.4, -0.2) is 36.5 Å². The van der Waals surface area contributed by atoms with Crippen molar-refractivity contribution in [2.75, 3.05) is 30.9 Å². The molecule has 0 aliphatic heterocycles. The third-order valence-corrected chi connectivity index (χ3v) is 1.95. The first-order valence-electron chi connectivity index (χ1n) is 5.12. The summed E-state index contributed by atoms with van der Waals surface area (Å²) in [5.41, 5.74) is 5.04. The second-order valence-electron chi connectivity index (χ2n) is 3.63. The number of primary amides is 1. The van der Waals surface area contributed by atoms with E-state index in [1.54, 1.807) is 12.3 Å². The molecule has 16 heavy (non-hydrogen) atoms. The highest BCUT2D eigenvalue weighted by Crippen LogP contribution is 2.07. The average Bonchev–Trinajstić information content (AvgIpc) is 2.24. The van der Waals surface area contributed by atoms with Crippen molar-refractivity contribution in [3.63, 3.8) is 0 Å². The molecule has 1 aromatic heterocycles. The molecule has 1 amide bonds. The Labute approximate surface area is 94.9 Å². The molecule has 6 heteroatoms. The van der Waals surface area contributed by atoms with E-state index in [9.17, 15) is 4.79 Å². The summed E-state index contributed by atoms with van der Waals surface area (Å²) in [6, 6.07) is 1.79. The van der Waals surface area contributed by atoms with Gasteiger partial charge < -0.3 is 16.0 Å². The molecule has 0 spiro atoms. The Morgan fingerprint density at radius 1 is 1.56 bits per heavy atom. The first-order valence-corrected chi connectivity index (χ1v) is 5.12. The van der Waals surface area contributed by atoms with E-state index in [1.165, 1.54) is 0 Å². The highest BCUT2D eigenvalue weighted by Gasteiger charge is 2.00. The van der Waals surface area contributed by atoms with E-state index in [1.807, 2.05) is 19.0 Å². The van der Waals surface area contributed by atoms with Gasteiger partial charge in [0, 0.05) is 33.3 Å². The lowest BCUT2D eigenvalue weighted by atomic mass is 10.3. The van der Waals surface area contributed by atoms with E-state index in [-0.39, 0.29) is 5.91 Å². The molecule has 1 heterocycles. The van der Waals surface area contributed by atoms with Crippen molar-refractivity contribution >= 4 is 17.7 Å². The first kappa shape index (κ1) is 12.2. The normalized spacial score (nSPS) is 9.88. The monoisotopic (exact) mass is 223 g/mol.